The molecule has 0 fully saturated rings. The van der Waals surface area contributed by atoms with Crippen LogP contribution in [-0.2, 0) is 4.74 Å². The van der Waals surface area contributed by atoms with Gasteiger partial charge in [0.15, 0.2) is 0 Å². The van der Waals surface area contributed by atoms with Crippen molar-refractivity contribution in [3.8, 4) is 0 Å². The molecule has 2 heteroatoms. The molecule has 1 atom stereocenters. The van der Waals surface area contributed by atoms with E-state index in [4.69, 9.17) is 4.74 Å². The largest absolute Gasteiger partial charge is 0.369 e. The lowest BCUT2D eigenvalue weighted by atomic mass is 10.1. The van der Waals surface area contributed by atoms with Gasteiger partial charge >= 0.3 is 0 Å². The molecule has 1 aromatic carbocycles. The van der Waals surface area contributed by atoms with Crippen molar-refractivity contribution >= 4 is 0 Å². The van der Waals surface area contributed by atoms with E-state index in [2.05, 4.69) is 44.8 Å². The highest BCUT2D eigenvalue weighted by molar-refractivity contribution is 5.17. The molecule has 0 amide bonds. The lowest BCUT2D eigenvalue weighted by Gasteiger charge is -2.15. The molecule has 0 saturated heterocycles. The van der Waals surface area contributed by atoms with Crippen LogP contribution in [0.25, 0.3) is 0 Å². The lowest BCUT2D eigenvalue weighted by molar-refractivity contribution is 0.0827. The van der Waals surface area contributed by atoms with Crippen LogP contribution in [0.15, 0.2) is 42.5 Å². The Morgan fingerprint density at radius 2 is 1.88 bits per heavy atom. The van der Waals surface area contributed by atoms with Crippen LogP contribution in [0.2, 0.25) is 0 Å². The minimum atomic E-state index is 0.118. The molecule has 0 aliphatic rings. The number of nitrogens with one attached hydrogen (secondary N) is 1. The summed E-state index contributed by atoms with van der Waals surface area (Å²) in [6.07, 6.45) is 0.118. The summed E-state index contributed by atoms with van der Waals surface area (Å²) in [7, 11) is 0. The summed E-state index contributed by atoms with van der Waals surface area (Å²) in [5, 5.41) is 3.33. The first kappa shape index (κ1) is 13.9. The fourth-order valence-electron chi connectivity index (χ4n) is 1.46. The van der Waals surface area contributed by atoms with Gasteiger partial charge in [-0.15, -0.1) is 0 Å². The Balaban J connectivity index is 2.29. The summed E-state index contributed by atoms with van der Waals surface area (Å²) < 4.78 is 5.78. The molecule has 1 unspecified atom stereocenters. The second-order valence-corrected chi connectivity index (χ2v) is 4.65. The molecule has 0 aromatic heterocycles. The Labute approximate surface area is 105 Å². The minimum absolute atomic E-state index is 0.118. The quantitative estimate of drug-likeness (QED) is 0.729. The maximum absolute atomic E-state index is 5.78. The lowest BCUT2D eigenvalue weighted by Crippen LogP contribution is -2.26. The van der Waals surface area contributed by atoms with Crippen molar-refractivity contribution < 1.29 is 4.74 Å². The molecule has 1 aromatic rings. The monoisotopic (exact) mass is 233 g/mol. The Morgan fingerprint density at radius 3 is 2.47 bits per heavy atom. The predicted octanol–water partition coefficient (Wildman–Crippen LogP) is 3.32. The van der Waals surface area contributed by atoms with Crippen LogP contribution in [0.4, 0.5) is 0 Å². The summed E-state index contributed by atoms with van der Waals surface area (Å²) in [5.41, 5.74) is 2.29. The van der Waals surface area contributed by atoms with Gasteiger partial charge in [0, 0.05) is 12.6 Å². The van der Waals surface area contributed by atoms with Crippen LogP contribution >= 0.6 is 0 Å². The molecule has 1 rings (SSSR count). The first-order valence-electron chi connectivity index (χ1n) is 6.16. The molecule has 94 valence electrons. The third-order valence-electron chi connectivity index (χ3n) is 2.57. The van der Waals surface area contributed by atoms with Crippen molar-refractivity contribution in [3.63, 3.8) is 0 Å². The summed E-state index contributed by atoms with van der Waals surface area (Å²) in [6, 6.07) is 10.7. The third-order valence-corrected chi connectivity index (χ3v) is 2.57. The van der Waals surface area contributed by atoms with E-state index in [-0.39, 0.29) is 6.10 Å². The van der Waals surface area contributed by atoms with Gasteiger partial charge in [0.1, 0.15) is 0 Å². The minimum Gasteiger partial charge on any atom is -0.369 e. The van der Waals surface area contributed by atoms with Gasteiger partial charge in [0.05, 0.1) is 12.7 Å². The van der Waals surface area contributed by atoms with E-state index in [0.29, 0.717) is 12.6 Å². The molecule has 0 spiro atoms. The molecule has 0 radical (unpaired) electrons. The first-order valence-corrected chi connectivity index (χ1v) is 6.16. The normalized spacial score (nSPS) is 12.7. The highest BCUT2D eigenvalue weighted by Gasteiger charge is 2.05. The molecule has 0 heterocycles. The molecule has 2 nitrogen and oxygen atoms in total. The SMILES string of the molecule is C=C(CNC(C)C)COC(C)c1ccccc1. The summed E-state index contributed by atoms with van der Waals surface area (Å²) in [5.74, 6) is 0. The van der Waals surface area contributed by atoms with Crippen LogP contribution in [0.3, 0.4) is 0 Å². The van der Waals surface area contributed by atoms with Crippen LogP contribution in [0.1, 0.15) is 32.4 Å². The van der Waals surface area contributed by atoms with Gasteiger partial charge < -0.3 is 10.1 Å². The Kier molecular flexibility index (Phi) is 5.95. The smallest absolute Gasteiger partial charge is 0.0801 e. The van der Waals surface area contributed by atoms with Gasteiger partial charge in [-0.2, -0.15) is 0 Å². The Hall–Kier alpha value is -1.12. The number of hydrogen-bond acceptors (Lipinski definition) is 2. The highest BCUT2D eigenvalue weighted by Crippen LogP contribution is 2.16. The Morgan fingerprint density at radius 1 is 1.24 bits per heavy atom. The van der Waals surface area contributed by atoms with Crippen molar-refractivity contribution in [1.29, 1.82) is 0 Å². The second kappa shape index (κ2) is 7.25. The van der Waals surface area contributed by atoms with Gasteiger partial charge in [0.2, 0.25) is 0 Å². The van der Waals surface area contributed by atoms with Crippen molar-refractivity contribution in [2.45, 2.75) is 32.9 Å². The highest BCUT2D eigenvalue weighted by atomic mass is 16.5. The van der Waals surface area contributed by atoms with E-state index in [9.17, 15) is 0 Å². The Bertz CT molecular complexity index is 332. The van der Waals surface area contributed by atoms with Crippen molar-refractivity contribution in [2.75, 3.05) is 13.2 Å². The number of ether oxygens (including phenoxy) is 1. The summed E-state index contributed by atoms with van der Waals surface area (Å²) in [6.45, 7) is 11.7. The summed E-state index contributed by atoms with van der Waals surface area (Å²) >= 11 is 0. The number of rotatable bonds is 7. The van der Waals surface area contributed by atoms with E-state index in [0.717, 1.165) is 12.1 Å². The maximum atomic E-state index is 5.78. The van der Waals surface area contributed by atoms with E-state index in [1.54, 1.807) is 0 Å². The fraction of sp³-hybridized carbons (Fsp3) is 0.467. The van der Waals surface area contributed by atoms with Crippen LogP contribution in [0.5, 0.6) is 0 Å². The van der Waals surface area contributed by atoms with Gasteiger partial charge in [-0.1, -0.05) is 50.8 Å². The van der Waals surface area contributed by atoms with Crippen molar-refractivity contribution in [1.82, 2.24) is 5.32 Å². The number of hydrogen-bond donors (Lipinski definition) is 1. The zero-order chi connectivity index (χ0) is 12.7. The van der Waals surface area contributed by atoms with Gasteiger partial charge in [-0.25, -0.2) is 0 Å². The van der Waals surface area contributed by atoms with Gasteiger partial charge in [-0.05, 0) is 18.1 Å². The second-order valence-electron chi connectivity index (χ2n) is 4.65. The van der Waals surface area contributed by atoms with Gasteiger partial charge in [-0.3, -0.25) is 0 Å². The van der Waals surface area contributed by atoms with Crippen LogP contribution < -0.4 is 5.32 Å². The molecule has 17 heavy (non-hydrogen) atoms. The first-order chi connectivity index (χ1) is 8.09. The van der Waals surface area contributed by atoms with Crippen LogP contribution in [0, 0.1) is 0 Å². The van der Waals surface area contributed by atoms with E-state index < -0.39 is 0 Å². The standard InChI is InChI=1S/C15H23NO/c1-12(2)16-10-13(3)11-17-14(4)15-8-6-5-7-9-15/h5-9,12,14,16H,3,10-11H2,1-2,4H3. The summed E-state index contributed by atoms with van der Waals surface area (Å²) in [4.78, 5) is 0. The van der Waals surface area contributed by atoms with E-state index in [1.165, 1.54) is 5.56 Å². The third kappa shape index (κ3) is 5.66. The molecule has 0 aliphatic carbocycles. The topological polar surface area (TPSA) is 21.3 Å². The predicted molar refractivity (Wildman–Crippen MR) is 73.1 cm³/mol. The van der Waals surface area contributed by atoms with Crippen LogP contribution in [-0.4, -0.2) is 19.2 Å². The maximum Gasteiger partial charge on any atom is 0.0801 e. The zero-order valence-corrected chi connectivity index (χ0v) is 11.1. The molecule has 0 aliphatic heterocycles. The van der Waals surface area contributed by atoms with Crippen molar-refractivity contribution in [2.24, 2.45) is 0 Å². The fourth-order valence-corrected chi connectivity index (χ4v) is 1.46. The van der Waals surface area contributed by atoms with Crippen molar-refractivity contribution in [3.05, 3.63) is 48.0 Å². The molecular formula is C15H23NO. The van der Waals surface area contributed by atoms with E-state index in [1.807, 2.05) is 18.2 Å². The van der Waals surface area contributed by atoms with E-state index >= 15 is 0 Å². The molecular weight excluding hydrogens is 210 g/mol. The number of benzene rings is 1. The average molecular weight is 233 g/mol. The average Bonchev–Trinajstić information content (AvgIpc) is 2.34. The molecule has 0 saturated carbocycles. The molecule has 0 bridgehead atoms. The molecule has 1 N–H and O–H groups in total. The van der Waals surface area contributed by atoms with Gasteiger partial charge in [0.25, 0.3) is 0 Å². The zero-order valence-electron chi connectivity index (χ0n) is 11.1.